The average Bonchev–Trinajstić information content (AvgIpc) is 3.44. The van der Waals surface area contributed by atoms with Gasteiger partial charge < -0.3 is 52.7 Å². The summed E-state index contributed by atoms with van der Waals surface area (Å²) in [6.07, 6.45) is 42.6. The molecule has 16 heteroatoms. The lowest BCUT2D eigenvalue weighted by atomic mass is 9.86. The van der Waals surface area contributed by atoms with E-state index in [9.17, 15) is 0 Å². The van der Waals surface area contributed by atoms with Gasteiger partial charge in [0.2, 0.25) is 0 Å². The van der Waals surface area contributed by atoms with E-state index in [1.165, 1.54) is 198 Å². The van der Waals surface area contributed by atoms with E-state index < -0.39 is 17.6 Å². The van der Waals surface area contributed by atoms with Crippen LogP contribution >= 0.6 is 0 Å². The molecule has 6 rings (SSSR count). The first-order valence-electron chi connectivity index (χ1n) is 32.6. The number of amidine groups is 1. The normalized spacial score (nSPS) is 20.9. The summed E-state index contributed by atoms with van der Waals surface area (Å²) in [5.41, 5.74) is 0. The van der Waals surface area contributed by atoms with Gasteiger partial charge in [-0.25, -0.2) is 4.99 Å². The molecule has 0 unspecified atom stereocenters. The van der Waals surface area contributed by atoms with Gasteiger partial charge in [0.1, 0.15) is 0 Å². The van der Waals surface area contributed by atoms with E-state index in [4.69, 9.17) is 41.5 Å². The van der Waals surface area contributed by atoms with Crippen LogP contribution in [0.5, 0.6) is 0 Å². The fourth-order valence-corrected chi connectivity index (χ4v) is 18.1. The van der Waals surface area contributed by atoms with Gasteiger partial charge in [0.25, 0.3) is 0 Å². The number of aliphatic imine (C=N–C) groups is 3. The van der Waals surface area contributed by atoms with Gasteiger partial charge >= 0.3 is 17.6 Å². The fourth-order valence-electron chi connectivity index (χ4n) is 13.0. The van der Waals surface area contributed by atoms with Crippen LogP contribution in [0.2, 0.25) is 12.1 Å². The van der Waals surface area contributed by atoms with Gasteiger partial charge in [0.05, 0.1) is 18.4 Å². The molecule has 0 bridgehead atoms. The van der Waals surface area contributed by atoms with Gasteiger partial charge in [-0.2, -0.15) is 0 Å². The van der Waals surface area contributed by atoms with Crippen molar-refractivity contribution in [3.05, 3.63) is 0 Å². The largest absolute Gasteiger partial charge is 0.500 e. The van der Waals surface area contributed by atoms with Crippen molar-refractivity contribution in [3.8, 4) is 0 Å². The summed E-state index contributed by atoms with van der Waals surface area (Å²) in [6, 6.07) is 4.32. The number of nitrogens with one attached hydrogen (secondary N) is 4. The molecule has 0 aromatic rings. The smallest absolute Gasteiger partial charge is 0.374 e. The van der Waals surface area contributed by atoms with Gasteiger partial charge in [-0.1, -0.05) is 128 Å². The summed E-state index contributed by atoms with van der Waals surface area (Å²) >= 11 is 0. The predicted octanol–water partition coefficient (Wildman–Crippen LogP) is 13.3. The highest BCUT2D eigenvalue weighted by molar-refractivity contribution is 6.61. The Morgan fingerprint density at radius 1 is 0.408 bits per heavy atom. The SMILES string of the molecule is CCO[Si](CCCN(CCN=C(NC1CCCCC1)NC1CCCCC1)C(=NC1CCCCC1)NC1CCCCC1)(OCC)OCC.CCO[Si](CCCN=C(CC1CCCCC1)NC1CCCCC1)(OCC)OCC. The van der Waals surface area contributed by atoms with E-state index in [-0.39, 0.29) is 0 Å². The summed E-state index contributed by atoms with van der Waals surface area (Å²) in [7, 11) is -5.26. The molecule has 6 saturated carbocycles. The number of hydrogen-bond acceptors (Lipinski definition) is 9. The molecule has 6 aliphatic rings. The van der Waals surface area contributed by atoms with E-state index in [1.54, 1.807) is 0 Å². The lowest BCUT2D eigenvalue weighted by Crippen LogP contribution is -2.50. The summed E-state index contributed by atoms with van der Waals surface area (Å²) in [6.45, 7) is 19.3. The molecule has 4 N–H and O–H groups in total. The minimum atomic E-state index is -2.72. The Bertz CT molecular complexity index is 1470. The topological polar surface area (TPSA) is 144 Å². The van der Waals surface area contributed by atoms with Gasteiger partial charge in [0, 0.05) is 102 Å². The van der Waals surface area contributed by atoms with Crippen LogP contribution < -0.4 is 21.3 Å². The number of guanidine groups is 2. The van der Waals surface area contributed by atoms with Crippen LogP contribution in [0, 0.1) is 5.92 Å². The molecule has 0 saturated heterocycles. The number of rotatable bonds is 30. The maximum atomic E-state index is 6.24. The molecule has 0 atom stereocenters. The Kier molecular flexibility index (Phi) is 33.9. The van der Waals surface area contributed by atoms with Crippen LogP contribution in [0.1, 0.15) is 253 Å². The number of nitrogens with zero attached hydrogens (tertiary/aromatic N) is 4. The molecule has 14 nitrogen and oxygen atoms in total. The van der Waals surface area contributed by atoms with Gasteiger partial charge in [-0.05, 0) is 125 Å². The molecule has 0 heterocycles. The summed E-state index contributed by atoms with van der Waals surface area (Å²) in [5.74, 6) is 4.23. The first-order chi connectivity index (χ1) is 37.3. The highest BCUT2D eigenvalue weighted by atomic mass is 28.4. The molecule has 76 heavy (non-hydrogen) atoms. The first kappa shape index (κ1) is 65.0. The van der Waals surface area contributed by atoms with Crippen LogP contribution in [-0.2, 0) is 26.6 Å². The van der Waals surface area contributed by atoms with Crippen LogP contribution in [-0.4, -0.2) is 136 Å². The van der Waals surface area contributed by atoms with E-state index >= 15 is 0 Å². The van der Waals surface area contributed by atoms with Gasteiger partial charge in [-0.15, -0.1) is 0 Å². The molecule has 0 aliphatic heterocycles. The van der Waals surface area contributed by atoms with Crippen molar-refractivity contribution in [2.75, 3.05) is 65.8 Å². The minimum Gasteiger partial charge on any atom is -0.374 e. The Balaban J connectivity index is 0.000000315. The van der Waals surface area contributed by atoms with Gasteiger partial charge in [-0.3, -0.25) is 9.98 Å². The monoisotopic (exact) mass is 1100 g/mol. The summed E-state index contributed by atoms with van der Waals surface area (Å²) < 4.78 is 36.7. The highest BCUT2D eigenvalue weighted by Gasteiger charge is 2.41. The second-order valence-electron chi connectivity index (χ2n) is 23.1. The van der Waals surface area contributed by atoms with Crippen molar-refractivity contribution in [2.45, 2.75) is 296 Å². The van der Waals surface area contributed by atoms with Crippen LogP contribution in [0.3, 0.4) is 0 Å². The Labute approximate surface area is 468 Å². The van der Waals surface area contributed by atoms with Crippen molar-refractivity contribution < 1.29 is 26.6 Å². The van der Waals surface area contributed by atoms with E-state index in [2.05, 4.69) is 26.2 Å². The van der Waals surface area contributed by atoms with E-state index in [0.29, 0.717) is 69.9 Å². The zero-order valence-corrected chi connectivity index (χ0v) is 52.0. The standard InChI is InChI=1S/C37H72N6O3Si.C23H46N2O3Si/c1-4-44-47(45-5-2,46-6-3)31-19-29-43(37(41-34-24-15-9-16-25-34)42-35-26-17-10-18-27-35)30-28-38-36(39-32-20-11-7-12-21-32)40-33-22-13-8-14-23-33;1-4-26-29(27-5-2,28-6-3)19-13-18-24-23(20-21-14-9-7-10-15-21)25-22-16-11-8-12-17-22/h32-35H,4-31H2,1-3H3,(H,41,42)(H2,38,39,40);21-22H,4-20H2,1-3H3,(H,24,25). The quantitative estimate of drug-likeness (QED) is 0.0236. The maximum absolute atomic E-state index is 6.24. The Morgan fingerprint density at radius 3 is 1.22 bits per heavy atom. The molecule has 6 fully saturated rings. The van der Waals surface area contributed by atoms with E-state index in [0.717, 1.165) is 75.4 Å². The highest BCUT2D eigenvalue weighted by Crippen LogP contribution is 2.29. The van der Waals surface area contributed by atoms with Gasteiger partial charge in [0.15, 0.2) is 11.9 Å². The van der Waals surface area contributed by atoms with Crippen LogP contribution in [0.15, 0.2) is 15.0 Å². The van der Waals surface area contributed by atoms with E-state index in [1.807, 2.05) is 41.5 Å². The molecule has 6 aliphatic carbocycles. The third kappa shape index (κ3) is 25.8. The van der Waals surface area contributed by atoms with Crippen molar-refractivity contribution in [1.82, 2.24) is 26.2 Å². The predicted molar refractivity (Wildman–Crippen MR) is 322 cm³/mol. The van der Waals surface area contributed by atoms with Crippen LogP contribution in [0.4, 0.5) is 0 Å². The molecular formula is C60H118N8O6Si2. The Hall–Kier alpha value is -1.80. The lowest BCUT2D eigenvalue weighted by Gasteiger charge is -2.34. The molecule has 0 spiro atoms. The van der Waals surface area contributed by atoms with Crippen molar-refractivity contribution in [1.29, 1.82) is 0 Å². The minimum absolute atomic E-state index is 0.418. The zero-order chi connectivity index (χ0) is 53.8. The molecule has 0 radical (unpaired) electrons. The lowest BCUT2D eigenvalue weighted by molar-refractivity contribution is 0.0698. The Morgan fingerprint density at radius 2 is 0.789 bits per heavy atom. The summed E-state index contributed by atoms with van der Waals surface area (Å²) in [4.78, 5) is 18.4. The zero-order valence-electron chi connectivity index (χ0n) is 50.0. The fraction of sp³-hybridized carbons (Fsp3) is 0.950. The van der Waals surface area contributed by atoms with Crippen LogP contribution in [0.25, 0.3) is 0 Å². The molecule has 442 valence electrons. The first-order valence-corrected chi connectivity index (χ1v) is 36.5. The molecular weight excluding hydrogens is 985 g/mol. The maximum Gasteiger partial charge on any atom is 0.500 e. The number of hydrogen-bond donors (Lipinski definition) is 4. The molecule has 0 aromatic carbocycles. The third-order valence-corrected chi connectivity index (χ3v) is 23.2. The second-order valence-corrected chi connectivity index (χ2v) is 28.6. The molecule has 0 aromatic heterocycles. The summed E-state index contributed by atoms with van der Waals surface area (Å²) in [5, 5.41) is 15.6. The van der Waals surface area contributed by atoms with Crippen molar-refractivity contribution >= 4 is 35.4 Å². The third-order valence-electron chi connectivity index (χ3n) is 16.9. The average molecular weight is 1100 g/mol. The van der Waals surface area contributed by atoms with Crippen molar-refractivity contribution in [2.24, 2.45) is 20.9 Å². The van der Waals surface area contributed by atoms with Crippen molar-refractivity contribution in [3.63, 3.8) is 0 Å². The molecule has 0 amide bonds. The second kappa shape index (κ2) is 39.6.